The minimum absolute atomic E-state index is 0.162. The minimum atomic E-state index is -0.538. The van der Waals surface area contributed by atoms with E-state index in [-0.39, 0.29) is 26.2 Å². The summed E-state index contributed by atoms with van der Waals surface area (Å²) in [5.74, 6) is -0.471. The van der Waals surface area contributed by atoms with E-state index in [2.05, 4.69) is 5.43 Å². The van der Waals surface area contributed by atoms with E-state index in [1.165, 1.54) is 16.0 Å². The van der Waals surface area contributed by atoms with Crippen molar-refractivity contribution in [2.45, 2.75) is 19.6 Å². The van der Waals surface area contributed by atoms with Gasteiger partial charge < -0.3 is 20.1 Å². The van der Waals surface area contributed by atoms with Gasteiger partial charge in [-0.05, 0) is 30.7 Å². The Labute approximate surface area is 192 Å². The van der Waals surface area contributed by atoms with E-state index in [0.717, 1.165) is 5.56 Å². The third-order valence-electron chi connectivity index (χ3n) is 5.39. The average Bonchev–Trinajstić information content (AvgIpc) is 3.22. The van der Waals surface area contributed by atoms with Crippen molar-refractivity contribution in [3.63, 3.8) is 0 Å². The quantitative estimate of drug-likeness (QED) is 0.527. The number of benzene rings is 2. The molecule has 9 nitrogen and oxygen atoms in total. The van der Waals surface area contributed by atoms with Crippen LogP contribution in [-0.2, 0) is 16.1 Å². The normalized spacial score (nSPS) is 15.3. The van der Waals surface area contributed by atoms with Gasteiger partial charge in [-0.1, -0.05) is 30.3 Å². The summed E-state index contributed by atoms with van der Waals surface area (Å²) >= 11 is 0. The van der Waals surface area contributed by atoms with Crippen LogP contribution in [-0.4, -0.2) is 63.1 Å². The number of likely N-dealkylation sites (N-methyl/N-ethyl adjacent to an activating group) is 1. The Hall–Kier alpha value is -3.37. The molecule has 178 valence electrons. The number of carbonyl (C=O) groups is 2. The van der Waals surface area contributed by atoms with Gasteiger partial charge in [-0.15, -0.1) is 0 Å². The van der Waals surface area contributed by atoms with Gasteiger partial charge in [-0.3, -0.25) is 4.90 Å². The van der Waals surface area contributed by atoms with Crippen LogP contribution in [0.15, 0.2) is 48.5 Å². The second-order valence-electron chi connectivity index (χ2n) is 7.48. The van der Waals surface area contributed by atoms with Crippen LogP contribution >= 0.6 is 0 Å². The highest BCUT2D eigenvalue weighted by molar-refractivity contribution is 5.90. The molecule has 1 atom stereocenters. The van der Waals surface area contributed by atoms with E-state index in [1.54, 1.807) is 24.1 Å². The number of amides is 2. The third-order valence-corrected chi connectivity index (χ3v) is 5.39. The molecule has 0 bridgehead atoms. The number of nitrogens with two attached hydrogens (primary N) is 1. The monoisotopic (exact) mass is 459 g/mol. The van der Waals surface area contributed by atoms with Gasteiger partial charge in [0.15, 0.2) is 0 Å². The molecule has 33 heavy (non-hydrogen) atoms. The molecule has 2 amide bonds. The lowest BCUT2D eigenvalue weighted by atomic mass is 10.2. The van der Waals surface area contributed by atoms with E-state index < -0.39 is 24.1 Å². The molecule has 10 heteroatoms. The molecule has 1 fully saturated rings. The average molecular weight is 460 g/mol. The molecule has 2 aromatic rings. The molecule has 0 spiro atoms. The number of nitrogens with zero attached hydrogens (tertiary/aromatic N) is 3. The molecule has 3 rings (SSSR count). The first-order valence-corrected chi connectivity index (χ1v) is 10.8. The maximum Gasteiger partial charge on any atom is 0.424 e. The maximum absolute atomic E-state index is 15.0. The van der Waals surface area contributed by atoms with Gasteiger partial charge in [-0.25, -0.2) is 24.4 Å². The zero-order chi connectivity index (χ0) is 23.8. The van der Waals surface area contributed by atoms with Crippen molar-refractivity contribution in [1.29, 1.82) is 0 Å². The fourth-order valence-electron chi connectivity index (χ4n) is 3.54. The van der Waals surface area contributed by atoms with Gasteiger partial charge in [0.05, 0.1) is 24.5 Å². The molecule has 1 aliphatic rings. The Bertz CT molecular complexity index is 946. The van der Waals surface area contributed by atoms with Gasteiger partial charge in [0.2, 0.25) is 0 Å². The first kappa shape index (κ1) is 24.3. The van der Waals surface area contributed by atoms with Crippen LogP contribution in [0.1, 0.15) is 12.5 Å². The van der Waals surface area contributed by atoms with Gasteiger partial charge >= 0.3 is 12.2 Å². The van der Waals surface area contributed by atoms with E-state index in [1.807, 2.05) is 37.3 Å². The van der Waals surface area contributed by atoms with Crippen molar-refractivity contribution >= 4 is 23.6 Å². The van der Waals surface area contributed by atoms with Crippen molar-refractivity contribution in [3.05, 3.63) is 59.9 Å². The van der Waals surface area contributed by atoms with E-state index in [0.29, 0.717) is 24.5 Å². The lowest BCUT2D eigenvalue weighted by molar-refractivity contribution is 0.0823. The number of rotatable bonds is 10. The number of halogens is 1. The molecule has 0 unspecified atom stereocenters. The summed E-state index contributed by atoms with van der Waals surface area (Å²) in [5.41, 5.74) is 10.0. The molecule has 0 saturated carbocycles. The summed E-state index contributed by atoms with van der Waals surface area (Å²) in [4.78, 5) is 27.6. The molecule has 0 aromatic heterocycles. The lowest BCUT2D eigenvalue weighted by Gasteiger charge is -2.28. The molecule has 1 heterocycles. The molecule has 0 radical (unpaired) electrons. The van der Waals surface area contributed by atoms with Crippen LogP contribution in [0, 0.1) is 5.82 Å². The highest BCUT2D eigenvalue weighted by Gasteiger charge is 2.32. The predicted octanol–water partition coefficient (Wildman–Crippen LogP) is 2.71. The van der Waals surface area contributed by atoms with Crippen LogP contribution in [0.4, 0.5) is 25.4 Å². The van der Waals surface area contributed by atoms with Crippen molar-refractivity contribution < 1.29 is 23.5 Å². The zero-order valence-electron chi connectivity index (χ0n) is 18.9. The third kappa shape index (κ3) is 6.11. The van der Waals surface area contributed by atoms with Crippen molar-refractivity contribution in [2.75, 3.05) is 49.6 Å². The summed E-state index contributed by atoms with van der Waals surface area (Å²) in [6, 6.07) is 14.0. The maximum atomic E-state index is 15.0. The number of nitrogens with one attached hydrogen (secondary N) is 1. The van der Waals surface area contributed by atoms with Crippen molar-refractivity contribution in [3.8, 4) is 0 Å². The molecule has 2 aromatic carbocycles. The van der Waals surface area contributed by atoms with Crippen LogP contribution < -0.4 is 21.0 Å². The number of cyclic esters (lactones) is 1. The fourth-order valence-corrected chi connectivity index (χ4v) is 3.54. The van der Waals surface area contributed by atoms with Crippen molar-refractivity contribution in [1.82, 2.24) is 10.4 Å². The van der Waals surface area contributed by atoms with Gasteiger partial charge in [0, 0.05) is 26.7 Å². The van der Waals surface area contributed by atoms with Crippen molar-refractivity contribution in [2.24, 2.45) is 5.73 Å². The predicted molar refractivity (Wildman–Crippen MR) is 123 cm³/mol. The molecule has 3 N–H and O–H groups in total. The minimum Gasteiger partial charge on any atom is -0.444 e. The SMILES string of the molecule is CCN(CCN(NC)C(=O)OCc1ccccc1)c1ccc(N2C[C@H](CN)OC2=O)cc1F. The Morgan fingerprint density at radius 2 is 2.03 bits per heavy atom. The second kappa shape index (κ2) is 11.5. The van der Waals surface area contributed by atoms with E-state index in [9.17, 15) is 14.0 Å². The topological polar surface area (TPSA) is 100 Å². The Kier molecular flexibility index (Phi) is 8.45. The standard InChI is InChI=1S/C23H30FN5O4/c1-3-27(11-12-29(26-2)23(31)32-16-17-7-5-4-6-8-17)21-10-9-18(13-20(21)24)28-15-19(14-25)33-22(28)30/h4-10,13,19,26H,3,11-12,14-16,25H2,1-2H3/t19-/m0/s1. The summed E-state index contributed by atoms with van der Waals surface area (Å²) in [6.07, 6.45) is -1.46. The number of anilines is 2. The Morgan fingerprint density at radius 1 is 1.27 bits per heavy atom. The van der Waals surface area contributed by atoms with E-state index in [4.69, 9.17) is 15.2 Å². The number of hydrogen-bond acceptors (Lipinski definition) is 7. The highest BCUT2D eigenvalue weighted by atomic mass is 19.1. The Balaban J connectivity index is 1.60. The molecule has 1 saturated heterocycles. The zero-order valence-corrected chi connectivity index (χ0v) is 18.9. The molecular weight excluding hydrogens is 429 g/mol. The molecular formula is C23H30FN5O4. The summed E-state index contributed by atoms with van der Waals surface area (Å²) in [5, 5.41) is 1.34. The summed E-state index contributed by atoms with van der Waals surface area (Å²) in [7, 11) is 1.62. The van der Waals surface area contributed by atoms with Crippen LogP contribution in [0.2, 0.25) is 0 Å². The largest absolute Gasteiger partial charge is 0.444 e. The van der Waals surface area contributed by atoms with Crippen LogP contribution in [0.3, 0.4) is 0 Å². The van der Waals surface area contributed by atoms with Gasteiger partial charge in [0.1, 0.15) is 18.5 Å². The van der Waals surface area contributed by atoms with Gasteiger partial charge in [0.25, 0.3) is 0 Å². The Morgan fingerprint density at radius 3 is 2.64 bits per heavy atom. The number of hydrogen-bond donors (Lipinski definition) is 2. The van der Waals surface area contributed by atoms with Crippen LogP contribution in [0.25, 0.3) is 0 Å². The van der Waals surface area contributed by atoms with E-state index >= 15 is 0 Å². The van der Waals surface area contributed by atoms with Gasteiger partial charge in [-0.2, -0.15) is 0 Å². The lowest BCUT2D eigenvalue weighted by Crippen LogP contribution is -2.45. The summed E-state index contributed by atoms with van der Waals surface area (Å²) < 4.78 is 25.4. The number of carbonyl (C=O) groups excluding carboxylic acids is 2. The fraction of sp³-hybridized carbons (Fsp3) is 0.391. The smallest absolute Gasteiger partial charge is 0.424 e. The first-order valence-electron chi connectivity index (χ1n) is 10.8. The second-order valence-corrected chi connectivity index (χ2v) is 7.48. The first-order chi connectivity index (χ1) is 16.0. The van der Waals surface area contributed by atoms with Crippen LogP contribution in [0.5, 0.6) is 0 Å². The number of hydrazine groups is 1. The number of ether oxygens (including phenoxy) is 2. The highest BCUT2D eigenvalue weighted by Crippen LogP contribution is 2.27. The summed E-state index contributed by atoms with van der Waals surface area (Å²) in [6.45, 7) is 3.72. The molecule has 0 aliphatic carbocycles. The molecule has 1 aliphatic heterocycles.